The lowest BCUT2D eigenvalue weighted by atomic mass is 9.81. The highest BCUT2D eigenvalue weighted by molar-refractivity contribution is 4.71. The third-order valence-corrected chi connectivity index (χ3v) is 5.66. The Kier molecular flexibility index (Phi) is 8.98. The summed E-state index contributed by atoms with van der Waals surface area (Å²) >= 11 is 0. The van der Waals surface area contributed by atoms with Gasteiger partial charge in [0.25, 0.3) is 0 Å². The topological polar surface area (TPSA) is 0 Å². The van der Waals surface area contributed by atoms with Crippen LogP contribution in [0.5, 0.6) is 0 Å². The van der Waals surface area contributed by atoms with Crippen molar-refractivity contribution in [2.75, 3.05) is 0 Å². The van der Waals surface area contributed by atoms with E-state index in [1.807, 2.05) is 0 Å². The fourth-order valence-corrected chi connectivity index (χ4v) is 3.90. The maximum Gasteiger partial charge on any atom is -0.0354 e. The molecule has 0 aromatic heterocycles. The van der Waals surface area contributed by atoms with Crippen LogP contribution in [0.25, 0.3) is 0 Å². The van der Waals surface area contributed by atoms with Crippen molar-refractivity contribution < 1.29 is 0 Å². The minimum absolute atomic E-state index is 0.593. The zero-order chi connectivity index (χ0) is 15.6. The first-order valence-electron chi connectivity index (χ1n) is 9.91. The first-order valence-corrected chi connectivity index (χ1v) is 9.91. The van der Waals surface area contributed by atoms with Crippen LogP contribution in [0.4, 0.5) is 0 Å². The number of hydrogen-bond donors (Lipinski definition) is 0. The Hall–Kier alpha value is 0. The molecule has 1 aliphatic rings. The van der Waals surface area contributed by atoms with E-state index in [1.165, 1.54) is 96.3 Å². The summed E-state index contributed by atoms with van der Waals surface area (Å²) in [5, 5.41) is 0. The molecular weight excluding hydrogens is 252 g/mol. The predicted octanol–water partition coefficient (Wildman–Crippen LogP) is 7.90. The quantitative estimate of drug-likeness (QED) is 0.426. The molecular formula is C21H42. The monoisotopic (exact) mass is 294 g/mol. The maximum atomic E-state index is 2.49. The van der Waals surface area contributed by atoms with Crippen molar-refractivity contribution in [3.8, 4) is 0 Å². The minimum Gasteiger partial charge on any atom is -0.0599 e. The summed E-state index contributed by atoms with van der Waals surface area (Å²) in [4.78, 5) is 0. The maximum absolute atomic E-state index is 2.49. The summed E-state index contributed by atoms with van der Waals surface area (Å²) in [6.07, 6.45) is 21.9. The van der Waals surface area contributed by atoms with E-state index >= 15 is 0 Å². The molecule has 0 spiro atoms. The van der Waals surface area contributed by atoms with Crippen LogP contribution in [-0.4, -0.2) is 0 Å². The van der Waals surface area contributed by atoms with Crippen molar-refractivity contribution in [3.05, 3.63) is 0 Å². The average molecular weight is 295 g/mol. The van der Waals surface area contributed by atoms with Gasteiger partial charge in [0.05, 0.1) is 0 Å². The molecule has 1 fully saturated rings. The molecule has 1 aliphatic carbocycles. The van der Waals surface area contributed by atoms with Gasteiger partial charge in [-0.2, -0.15) is 0 Å². The van der Waals surface area contributed by atoms with Crippen LogP contribution in [0.15, 0.2) is 0 Å². The van der Waals surface area contributed by atoms with Gasteiger partial charge in [-0.25, -0.2) is 0 Å². The Labute approximate surface area is 135 Å². The van der Waals surface area contributed by atoms with Crippen LogP contribution in [0, 0.1) is 10.8 Å². The Balaban J connectivity index is 2.34. The minimum atomic E-state index is 0.593. The van der Waals surface area contributed by atoms with Crippen molar-refractivity contribution >= 4 is 0 Å². The highest BCUT2D eigenvalue weighted by atomic mass is 14.2. The van der Waals surface area contributed by atoms with E-state index < -0.39 is 0 Å². The molecule has 0 heteroatoms. The lowest BCUT2D eigenvalue weighted by Crippen LogP contribution is -2.11. The molecule has 0 radical (unpaired) electrons. The van der Waals surface area contributed by atoms with Crippen LogP contribution >= 0.6 is 0 Å². The van der Waals surface area contributed by atoms with E-state index in [1.54, 1.807) is 0 Å². The van der Waals surface area contributed by atoms with Gasteiger partial charge < -0.3 is 0 Å². The van der Waals surface area contributed by atoms with Crippen molar-refractivity contribution in [1.29, 1.82) is 0 Å². The molecule has 0 aromatic rings. The summed E-state index contributed by atoms with van der Waals surface area (Å²) in [5.74, 6) is 0. The highest BCUT2D eigenvalue weighted by Gasteiger charge is 2.18. The molecule has 126 valence electrons. The van der Waals surface area contributed by atoms with Gasteiger partial charge in [0, 0.05) is 0 Å². The van der Waals surface area contributed by atoms with Crippen molar-refractivity contribution in [3.63, 3.8) is 0 Å². The molecule has 1 rings (SSSR count). The molecule has 0 unspecified atom stereocenters. The van der Waals surface area contributed by atoms with Gasteiger partial charge in [-0.3, -0.25) is 0 Å². The molecule has 21 heavy (non-hydrogen) atoms. The second-order valence-electron chi connectivity index (χ2n) is 9.22. The summed E-state index contributed by atoms with van der Waals surface area (Å²) in [6.45, 7) is 9.96. The molecule has 0 heterocycles. The fraction of sp³-hybridized carbons (Fsp3) is 1.00. The molecule has 0 aromatic carbocycles. The van der Waals surface area contributed by atoms with Gasteiger partial charge in [0.15, 0.2) is 0 Å². The van der Waals surface area contributed by atoms with Gasteiger partial charge in [0.2, 0.25) is 0 Å². The standard InChI is InChI=1S/C21H42/c1-20(2)16-12-8-5-6-9-13-17-21(3,4)19-15-11-7-10-14-18-20/h5-19H2,1-4H3. The first-order chi connectivity index (χ1) is 9.91. The van der Waals surface area contributed by atoms with Crippen molar-refractivity contribution in [2.45, 2.75) is 124 Å². The Morgan fingerprint density at radius 1 is 0.333 bits per heavy atom. The van der Waals surface area contributed by atoms with Gasteiger partial charge in [-0.05, 0) is 36.5 Å². The fourth-order valence-electron chi connectivity index (χ4n) is 3.90. The predicted molar refractivity (Wildman–Crippen MR) is 96.8 cm³/mol. The Morgan fingerprint density at radius 2 is 0.524 bits per heavy atom. The molecule has 0 atom stereocenters. The van der Waals surface area contributed by atoms with Crippen molar-refractivity contribution in [1.82, 2.24) is 0 Å². The molecule has 0 bridgehead atoms. The SMILES string of the molecule is CC1(C)CCCCCCCCC(C)(C)CCCCCCC1. The molecule has 0 N–H and O–H groups in total. The largest absolute Gasteiger partial charge is 0.0599 e. The summed E-state index contributed by atoms with van der Waals surface area (Å²) in [6, 6.07) is 0. The molecule has 0 saturated heterocycles. The Morgan fingerprint density at radius 3 is 0.762 bits per heavy atom. The van der Waals surface area contributed by atoms with Crippen molar-refractivity contribution in [2.24, 2.45) is 10.8 Å². The van der Waals surface area contributed by atoms with E-state index in [0.717, 1.165) is 0 Å². The molecule has 0 amide bonds. The third-order valence-electron chi connectivity index (χ3n) is 5.66. The zero-order valence-corrected chi connectivity index (χ0v) is 15.6. The average Bonchev–Trinajstić information content (AvgIpc) is 2.39. The van der Waals surface area contributed by atoms with Gasteiger partial charge in [-0.1, -0.05) is 98.3 Å². The van der Waals surface area contributed by atoms with E-state index in [4.69, 9.17) is 0 Å². The van der Waals surface area contributed by atoms with Crippen LogP contribution in [0.3, 0.4) is 0 Å². The smallest absolute Gasteiger partial charge is 0.0354 e. The van der Waals surface area contributed by atoms with E-state index in [2.05, 4.69) is 27.7 Å². The van der Waals surface area contributed by atoms with Gasteiger partial charge >= 0.3 is 0 Å². The lowest BCUT2D eigenvalue weighted by molar-refractivity contribution is 0.279. The molecule has 1 saturated carbocycles. The van der Waals surface area contributed by atoms with Gasteiger partial charge in [-0.15, -0.1) is 0 Å². The van der Waals surface area contributed by atoms with Crippen LogP contribution in [0.1, 0.15) is 124 Å². The summed E-state index contributed by atoms with van der Waals surface area (Å²) in [7, 11) is 0. The lowest BCUT2D eigenvalue weighted by Gasteiger charge is -2.25. The van der Waals surface area contributed by atoms with E-state index in [0.29, 0.717) is 10.8 Å². The number of rotatable bonds is 0. The highest BCUT2D eigenvalue weighted by Crippen LogP contribution is 2.33. The normalized spacial score (nSPS) is 26.9. The Bertz CT molecular complexity index is 223. The number of hydrogen-bond acceptors (Lipinski definition) is 0. The van der Waals surface area contributed by atoms with Crippen LogP contribution < -0.4 is 0 Å². The molecule has 0 aliphatic heterocycles. The first kappa shape index (κ1) is 19.0. The summed E-state index contributed by atoms with van der Waals surface area (Å²) in [5.41, 5.74) is 1.19. The van der Waals surface area contributed by atoms with Crippen LogP contribution in [0.2, 0.25) is 0 Å². The summed E-state index contributed by atoms with van der Waals surface area (Å²) < 4.78 is 0. The van der Waals surface area contributed by atoms with Crippen LogP contribution in [-0.2, 0) is 0 Å². The van der Waals surface area contributed by atoms with E-state index in [-0.39, 0.29) is 0 Å². The second kappa shape index (κ2) is 9.90. The zero-order valence-electron chi connectivity index (χ0n) is 15.6. The second-order valence-corrected chi connectivity index (χ2v) is 9.22. The third kappa shape index (κ3) is 10.4. The van der Waals surface area contributed by atoms with E-state index in [9.17, 15) is 0 Å². The molecule has 0 nitrogen and oxygen atoms in total. The van der Waals surface area contributed by atoms with Gasteiger partial charge in [0.1, 0.15) is 0 Å².